The van der Waals surface area contributed by atoms with Gasteiger partial charge in [0.05, 0.1) is 18.6 Å². The molecule has 0 bridgehead atoms. The number of thiazole rings is 1. The van der Waals surface area contributed by atoms with Gasteiger partial charge in [-0.15, -0.1) is 23.1 Å². The Morgan fingerprint density at radius 3 is 2.94 bits per heavy atom. The third-order valence-electron chi connectivity index (χ3n) is 4.41. The summed E-state index contributed by atoms with van der Waals surface area (Å²) in [7, 11) is 1.59. The fourth-order valence-electron chi connectivity index (χ4n) is 2.97. The molecular formula is C20H25N5O4S2. The summed E-state index contributed by atoms with van der Waals surface area (Å²) in [5.74, 6) is 0.360. The van der Waals surface area contributed by atoms with E-state index in [2.05, 4.69) is 26.3 Å². The molecule has 11 heteroatoms. The van der Waals surface area contributed by atoms with Gasteiger partial charge in [-0.1, -0.05) is 12.1 Å². The van der Waals surface area contributed by atoms with Crippen LogP contribution in [0.5, 0.6) is 5.75 Å². The van der Waals surface area contributed by atoms with E-state index in [4.69, 9.17) is 4.74 Å². The fraction of sp³-hybridized carbons (Fsp3) is 0.400. The Balaban J connectivity index is 1.42. The normalized spacial score (nSPS) is 18.2. The van der Waals surface area contributed by atoms with Gasteiger partial charge in [-0.25, -0.2) is 4.98 Å². The SMILES string of the molecule is COc1cccc(CNC(=O)CC2CC(=O)NC(SCC(=O)Nc3nc(C)cs3)N2)c1. The van der Waals surface area contributed by atoms with Crippen molar-refractivity contribution < 1.29 is 19.1 Å². The number of ether oxygens (including phenoxy) is 1. The van der Waals surface area contributed by atoms with Crippen LogP contribution in [0.15, 0.2) is 29.6 Å². The van der Waals surface area contributed by atoms with E-state index in [1.54, 1.807) is 7.11 Å². The van der Waals surface area contributed by atoms with Gasteiger partial charge in [0.2, 0.25) is 17.7 Å². The number of benzene rings is 1. The zero-order chi connectivity index (χ0) is 22.2. The highest BCUT2D eigenvalue weighted by Crippen LogP contribution is 2.17. The molecule has 1 aromatic carbocycles. The average molecular weight is 464 g/mol. The number of hydrogen-bond donors (Lipinski definition) is 4. The first kappa shape index (κ1) is 23.0. The Bertz CT molecular complexity index is 936. The maximum atomic E-state index is 12.3. The van der Waals surface area contributed by atoms with E-state index in [1.807, 2.05) is 36.6 Å². The Kier molecular flexibility index (Phi) is 8.27. The third kappa shape index (κ3) is 7.53. The molecular weight excluding hydrogens is 438 g/mol. The number of aromatic nitrogens is 1. The monoisotopic (exact) mass is 463 g/mol. The standard InChI is InChI=1S/C20H25N5O4S2/c1-12-10-30-19(22-12)25-18(28)11-31-20-23-14(8-17(27)24-20)7-16(26)21-9-13-4-3-5-15(6-13)29-2/h3-6,10,14,20,23H,7-9,11H2,1-2H3,(H,21,26)(H,24,27)(H,22,25,28). The van der Waals surface area contributed by atoms with Gasteiger partial charge in [0, 0.05) is 30.8 Å². The van der Waals surface area contributed by atoms with Gasteiger partial charge in [-0.05, 0) is 24.6 Å². The second-order valence-corrected chi connectivity index (χ2v) is 8.95. The quantitative estimate of drug-likeness (QED) is 0.446. The van der Waals surface area contributed by atoms with Crippen molar-refractivity contribution in [2.45, 2.75) is 37.8 Å². The number of nitrogens with zero attached hydrogens (tertiary/aromatic N) is 1. The van der Waals surface area contributed by atoms with E-state index >= 15 is 0 Å². The van der Waals surface area contributed by atoms with E-state index < -0.39 is 5.50 Å². The Morgan fingerprint density at radius 2 is 2.19 bits per heavy atom. The van der Waals surface area contributed by atoms with Crippen LogP contribution in [0.4, 0.5) is 5.13 Å². The van der Waals surface area contributed by atoms with E-state index in [0.29, 0.717) is 11.7 Å². The minimum absolute atomic E-state index is 0.144. The lowest BCUT2D eigenvalue weighted by Gasteiger charge is -2.30. The minimum atomic E-state index is -0.443. The molecule has 0 radical (unpaired) electrons. The van der Waals surface area contributed by atoms with Crippen molar-refractivity contribution in [3.8, 4) is 5.75 Å². The molecule has 0 spiro atoms. The molecule has 3 amide bonds. The maximum absolute atomic E-state index is 12.3. The summed E-state index contributed by atoms with van der Waals surface area (Å²) in [4.78, 5) is 40.7. The predicted octanol–water partition coefficient (Wildman–Crippen LogP) is 1.60. The summed E-state index contributed by atoms with van der Waals surface area (Å²) < 4.78 is 5.18. The molecule has 2 unspecified atom stereocenters. The molecule has 0 saturated carbocycles. The molecule has 3 rings (SSSR count). The number of aryl methyl sites for hydroxylation is 1. The van der Waals surface area contributed by atoms with Crippen molar-refractivity contribution in [3.05, 3.63) is 40.9 Å². The summed E-state index contributed by atoms with van der Waals surface area (Å²) >= 11 is 2.62. The Labute approximate surface area is 188 Å². The molecule has 9 nitrogen and oxygen atoms in total. The Hall–Kier alpha value is -2.63. The van der Waals surface area contributed by atoms with E-state index in [9.17, 15) is 14.4 Å². The largest absolute Gasteiger partial charge is 0.497 e. The molecule has 0 aliphatic carbocycles. The first-order chi connectivity index (χ1) is 14.9. The lowest BCUT2D eigenvalue weighted by Crippen LogP contribution is -2.56. The van der Waals surface area contributed by atoms with Crippen LogP contribution < -0.4 is 26.0 Å². The number of anilines is 1. The molecule has 4 N–H and O–H groups in total. The summed E-state index contributed by atoms with van der Waals surface area (Å²) in [6.45, 7) is 2.24. The van der Waals surface area contributed by atoms with Crippen LogP contribution in [0.1, 0.15) is 24.1 Å². The number of carbonyl (C=O) groups excluding carboxylic acids is 3. The zero-order valence-electron chi connectivity index (χ0n) is 17.3. The van der Waals surface area contributed by atoms with Crippen molar-refractivity contribution in [1.82, 2.24) is 20.9 Å². The second kappa shape index (κ2) is 11.1. The highest BCUT2D eigenvalue weighted by atomic mass is 32.2. The van der Waals surface area contributed by atoms with E-state index in [0.717, 1.165) is 17.0 Å². The number of hydrogen-bond acceptors (Lipinski definition) is 8. The fourth-order valence-corrected chi connectivity index (χ4v) is 4.57. The highest BCUT2D eigenvalue weighted by molar-refractivity contribution is 8.00. The molecule has 1 aromatic heterocycles. The van der Waals surface area contributed by atoms with Gasteiger partial charge in [0.25, 0.3) is 0 Å². The summed E-state index contributed by atoms with van der Waals surface area (Å²) in [6.07, 6.45) is 0.368. The smallest absolute Gasteiger partial charge is 0.236 e. The third-order valence-corrected chi connectivity index (χ3v) is 6.30. The maximum Gasteiger partial charge on any atom is 0.236 e. The van der Waals surface area contributed by atoms with Crippen LogP contribution in [0.2, 0.25) is 0 Å². The van der Waals surface area contributed by atoms with Crippen LogP contribution in [-0.4, -0.2) is 47.1 Å². The predicted molar refractivity (Wildman–Crippen MR) is 121 cm³/mol. The van der Waals surface area contributed by atoms with Gasteiger partial charge in [0.15, 0.2) is 5.13 Å². The van der Waals surface area contributed by atoms with Crippen LogP contribution in [0.25, 0.3) is 0 Å². The lowest BCUT2D eigenvalue weighted by molar-refractivity contribution is -0.125. The number of nitrogens with one attached hydrogen (secondary N) is 4. The van der Waals surface area contributed by atoms with Crippen LogP contribution in [0.3, 0.4) is 0 Å². The number of carbonyl (C=O) groups is 3. The van der Waals surface area contributed by atoms with Gasteiger partial charge >= 0.3 is 0 Å². The number of amides is 3. The first-order valence-electron chi connectivity index (χ1n) is 9.70. The first-order valence-corrected chi connectivity index (χ1v) is 11.6. The van der Waals surface area contributed by atoms with Crippen molar-refractivity contribution >= 4 is 46.0 Å². The lowest BCUT2D eigenvalue weighted by atomic mass is 10.1. The van der Waals surface area contributed by atoms with E-state index in [-0.39, 0.29) is 42.4 Å². The molecule has 1 aliphatic rings. The average Bonchev–Trinajstić information content (AvgIpc) is 3.15. The highest BCUT2D eigenvalue weighted by Gasteiger charge is 2.28. The van der Waals surface area contributed by atoms with Crippen molar-refractivity contribution in [1.29, 1.82) is 0 Å². The number of thioether (sulfide) groups is 1. The minimum Gasteiger partial charge on any atom is -0.497 e. The molecule has 2 heterocycles. The molecule has 1 fully saturated rings. The van der Waals surface area contributed by atoms with Crippen LogP contribution in [0, 0.1) is 6.92 Å². The summed E-state index contributed by atoms with van der Waals surface area (Å²) in [5.41, 5.74) is 1.33. The topological polar surface area (TPSA) is 121 Å². The van der Waals surface area contributed by atoms with Gasteiger partial charge in [-0.2, -0.15) is 0 Å². The second-order valence-electron chi connectivity index (χ2n) is 7.00. The molecule has 1 saturated heterocycles. The molecule has 31 heavy (non-hydrogen) atoms. The van der Waals surface area contributed by atoms with Crippen LogP contribution >= 0.6 is 23.1 Å². The molecule has 1 aliphatic heterocycles. The van der Waals surface area contributed by atoms with Gasteiger partial charge in [0.1, 0.15) is 11.2 Å². The summed E-state index contributed by atoms with van der Waals surface area (Å²) in [6, 6.07) is 7.16. The van der Waals surface area contributed by atoms with Crippen LogP contribution in [-0.2, 0) is 20.9 Å². The Morgan fingerprint density at radius 1 is 1.35 bits per heavy atom. The van der Waals surface area contributed by atoms with Gasteiger partial charge < -0.3 is 20.7 Å². The van der Waals surface area contributed by atoms with E-state index in [1.165, 1.54) is 23.1 Å². The molecule has 2 atom stereocenters. The summed E-state index contributed by atoms with van der Waals surface area (Å²) in [5, 5.41) is 14.0. The van der Waals surface area contributed by atoms with Crippen molar-refractivity contribution in [2.75, 3.05) is 18.2 Å². The van der Waals surface area contributed by atoms with Crippen molar-refractivity contribution in [2.24, 2.45) is 0 Å². The molecule has 166 valence electrons. The number of rotatable bonds is 9. The van der Waals surface area contributed by atoms with Crippen molar-refractivity contribution in [3.63, 3.8) is 0 Å². The van der Waals surface area contributed by atoms with Gasteiger partial charge in [-0.3, -0.25) is 19.7 Å². The zero-order valence-corrected chi connectivity index (χ0v) is 18.9. The number of methoxy groups -OCH3 is 1. The molecule has 2 aromatic rings.